The van der Waals surface area contributed by atoms with E-state index in [1.54, 1.807) is 13.3 Å². The first-order chi connectivity index (χ1) is 9.79. The van der Waals surface area contributed by atoms with E-state index in [0.717, 1.165) is 49.8 Å². The van der Waals surface area contributed by atoms with Crippen molar-refractivity contribution in [3.05, 3.63) is 41.4 Å². The molecule has 0 aliphatic heterocycles. The number of nitrogens with one attached hydrogen (secondary N) is 1. The zero-order valence-electron chi connectivity index (χ0n) is 11.6. The molecule has 0 aliphatic carbocycles. The van der Waals surface area contributed by atoms with E-state index in [4.69, 9.17) is 20.8 Å². The third-order valence-corrected chi connectivity index (χ3v) is 3.12. The van der Waals surface area contributed by atoms with Crippen molar-refractivity contribution in [1.29, 1.82) is 0 Å². The van der Waals surface area contributed by atoms with Gasteiger partial charge < -0.3 is 14.5 Å². The minimum Gasteiger partial charge on any atom is -0.441 e. The summed E-state index contributed by atoms with van der Waals surface area (Å²) in [7, 11) is 1.70. The molecule has 4 nitrogen and oxygen atoms in total. The second kappa shape index (κ2) is 8.04. The van der Waals surface area contributed by atoms with Gasteiger partial charge in [-0.3, -0.25) is 0 Å². The molecule has 5 heteroatoms. The fraction of sp³-hybridized carbons (Fsp3) is 0.400. The molecule has 108 valence electrons. The number of nitrogens with zero attached hydrogens (tertiary/aromatic N) is 1. The molecule has 2 rings (SSSR count). The highest BCUT2D eigenvalue weighted by atomic mass is 35.5. The number of aromatic nitrogens is 1. The predicted octanol–water partition coefficient (Wildman–Crippen LogP) is 3.16. The number of rotatable bonds is 8. The average molecular weight is 295 g/mol. The van der Waals surface area contributed by atoms with Gasteiger partial charge in [0.1, 0.15) is 0 Å². The van der Waals surface area contributed by atoms with E-state index in [1.165, 1.54) is 0 Å². The standard InChI is InChI=1S/C15H19ClN2O2/c1-19-9-8-17-7-3-6-15-18-11-14(20-15)12-4-2-5-13(16)10-12/h2,4-5,10-11,17H,3,6-9H2,1H3. The molecule has 0 saturated heterocycles. The van der Waals surface area contributed by atoms with Crippen LogP contribution in [0.2, 0.25) is 5.02 Å². The maximum absolute atomic E-state index is 5.97. The number of halogens is 1. The van der Waals surface area contributed by atoms with Crippen LogP contribution in [0.5, 0.6) is 0 Å². The van der Waals surface area contributed by atoms with Crippen molar-refractivity contribution in [3.8, 4) is 11.3 Å². The Morgan fingerprint density at radius 3 is 3.05 bits per heavy atom. The van der Waals surface area contributed by atoms with Gasteiger partial charge >= 0.3 is 0 Å². The van der Waals surface area contributed by atoms with E-state index in [2.05, 4.69) is 10.3 Å². The molecule has 2 aromatic rings. The predicted molar refractivity (Wildman–Crippen MR) is 80.0 cm³/mol. The molecule has 1 aromatic carbocycles. The second-order valence-corrected chi connectivity index (χ2v) is 4.91. The van der Waals surface area contributed by atoms with Crippen LogP contribution in [0.3, 0.4) is 0 Å². The lowest BCUT2D eigenvalue weighted by Crippen LogP contribution is -2.20. The maximum atomic E-state index is 5.97. The monoisotopic (exact) mass is 294 g/mol. The largest absolute Gasteiger partial charge is 0.441 e. The highest BCUT2D eigenvalue weighted by molar-refractivity contribution is 6.30. The number of aryl methyl sites for hydroxylation is 1. The molecule has 20 heavy (non-hydrogen) atoms. The van der Waals surface area contributed by atoms with Gasteiger partial charge in [0.05, 0.1) is 12.8 Å². The summed E-state index contributed by atoms with van der Waals surface area (Å²) in [5, 5.41) is 3.99. The van der Waals surface area contributed by atoms with Crippen LogP contribution in [0.25, 0.3) is 11.3 Å². The van der Waals surface area contributed by atoms with E-state index in [-0.39, 0.29) is 0 Å². The minimum absolute atomic E-state index is 0.697. The molecule has 0 aliphatic rings. The van der Waals surface area contributed by atoms with Gasteiger partial charge in [0.15, 0.2) is 11.7 Å². The third-order valence-electron chi connectivity index (χ3n) is 2.89. The van der Waals surface area contributed by atoms with Crippen molar-refractivity contribution in [1.82, 2.24) is 10.3 Å². The molecule has 0 amide bonds. The quantitative estimate of drug-likeness (QED) is 0.760. The van der Waals surface area contributed by atoms with E-state index in [0.29, 0.717) is 5.02 Å². The number of ether oxygens (including phenoxy) is 1. The van der Waals surface area contributed by atoms with Crippen LogP contribution in [0.15, 0.2) is 34.9 Å². The molecule has 0 radical (unpaired) electrons. The molecule has 0 fully saturated rings. The SMILES string of the molecule is COCCNCCCc1ncc(-c2cccc(Cl)c2)o1. The van der Waals surface area contributed by atoms with Crippen LogP contribution in [-0.4, -0.2) is 31.8 Å². The Labute approximate surface area is 124 Å². The van der Waals surface area contributed by atoms with Crippen molar-refractivity contribution in [2.45, 2.75) is 12.8 Å². The van der Waals surface area contributed by atoms with Gasteiger partial charge in [0, 0.05) is 30.7 Å². The number of methoxy groups -OCH3 is 1. The lowest BCUT2D eigenvalue weighted by Gasteiger charge is -2.02. The van der Waals surface area contributed by atoms with Crippen molar-refractivity contribution < 1.29 is 9.15 Å². The Balaban J connectivity index is 1.80. The first kappa shape index (κ1) is 15.0. The summed E-state index contributed by atoms with van der Waals surface area (Å²) in [6, 6.07) is 7.58. The maximum Gasteiger partial charge on any atom is 0.194 e. The summed E-state index contributed by atoms with van der Waals surface area (Å²) >= 11 is 5.97. The van der Waals surface area contributed by atoms with Gasteiger partial charge in [0.25, 0.3) is 0 Å². The summed E-state index contributed by atoms with van der Waals surface area (Å²) in [4.78, 5) is 4.29. The summed E-state index contributed by atoms with van der Waals surface area (Å²) in [6.07, 6.45) is 3.55. The Hall–Kier alpha value is -1.36. The van der Waals surface area contributed by atoms with E-state index in [9.17, 15) is 0 Å². The Bertz CT molecular complexity index is 528. The molecule has 0 saturated carbocycles. The highest BCUT2D eigenvalue weighted by Gasteiger charge is 2.06. The van der Waals surface area contributed by atoms with Crippen LogP contribution < -0.4 is 5.32 Å². The lowest BCUT2D eigenvalue weighted by molar-refractivity contribution is 0.199. The Morgan fingerprint density at radius 1 is 1.35 bits per heavy atom. The lowest BCUT2D eigenvalue weighted by atomic mass is 10.2. The zero-order valence-corrected chi connectivity index (χ0v) is 12.3. The average Bonchev–Trinajstić information content (AvgIpc) is 2.91. The first-order valence-corrected chi connectivity index (χ1v) is 7.07. The summed E-state index contributed by atoms with van der Waals surface area (Å²) in [5.41, 5.74) is 0.953. The minimum atomic E-state index is 0.697. The highest BCUT2D eigenvalue weighted by Crippen LogP contribution is 2.23. The van der Waals surface area contributed by atoms with Crippen LogP contribution in [0.4, 0.5) is 0 Å². The summed E-state index contributed by atoms with van der Waals surface area (Å²) in [6.45, 7) is 2.53. The van der Waals surface area contributed by atoms with Crippen LogP contribution in [-0.2, 0) is 11.2 Å². The number of oxazole rings is 1. The Kier molecular flexibility index (Phi) is 6.05. The molecule has 0 unspecified atom stereocenters. The van der Waals surface area contributed by atoms with Gasteiger partial charge in [-0.25, -0.2) is 4.98 Å². The molecule has 1 heterocycles. The first-order valence-electron chi connectivity index (χ1n) is 6.70. The van der Waals surface area contributed by atoms with Crippen LogP contribution >= 0.6 is 11.6 Å². The fourth-order valence-electron chi connectivity index (χ4n) is 1.86. The Morgan fingerprint density at radius 2 is 2.25 bits per heavy atom. The molecular formula is C15H19ClN2O2. The van der Waals surface area contributed by atoms with E-state index in [1.807, 2.05) is 24.3 Å². The molecule has 0 bridgehead atoms. The van der Waals surface area contributed by atoms with E-state index >= 15 is 0 Å². The molecule has 1 aromatic heterocycles. The van der Waals surface area contributed by atoms with Crippen molar-refractivity contribution in [2.75, 3.05) is 26.8 Å². The van der Waals surface area contributed by atoms with Crippen LogP contribution in [0, 0.1) is 0 Å². The second-order valence-electron chi connectivity index (χ2n) is 4.47. The normalized spacial score (nSPS) is 10.9. The third kappa shape index (κ3) is 4.63. The van der Waals surface area contributed by atoms with Gasteiger partial charge in [0.2, 0.25) is 0 Å². The van der Waals surface area contributed by atoms with Gasteiger partial charge in [-0.2, -0.15) is 0 Å². The van der Waals surface area contributed by atoms with Crippen molar-refractivity contribution in [2.24, 2.45) is 0 Å². The molecular weight excluding hydrogens is 276 g/mol. The molecule has 1 N–H and O–H groups in total. The van der Waals surface area contributed by atoms with E-state index < -0.39 is 0 Å². The van der Waals surface area contributed by atoms with Gasteiger partial charge in [-0.1, -0.05) is 23.7 Å². The fourth-order valence-corrected chi connectivity index (χ4v) is 2.06. The van der Waals surface area contributed by atoms with Crippen molar-refractivity contribution >= 4 is 11.6 Å². The zero-order chi connectivity index (χ0) is 14.2. The van der Waals surface area contributed by atoms with Gasteiger partial charge in [-0.05, 0) is 25.1 Å². The number of hydrogen-bond donors (Lipinski definition) is 1. The number of benzene rings is 1. The molecule has 0 atom stereocenters. The van der Waals surface area contributed by atoms with Gasteiger partial charge in [-0.15, -0.1) is 0 Å². The van der Waals surface area contributed by atoms with Crippen molar-refractivity contribution in [3.63, 3.8) is 0 Å². The topological polar surface area (TPSA) is 47.3 Å². The van der Waals surface area contributed by atoms with Crippen LogP contribution in [0.1, 0.15) is 12.3 Å². The summed E-state index contributed by atoms with van der Waals surface area (Å²) in [5.74, 6) is 1.52. The smallest absolute Gasteiger partial charge is 0.194 e. The summed E-state index contributed by atoms with van der Waals surface area (Å²) < 4.78 is 10.7. The molecule has 0 spiro atoms. The number of hydrogen-bond acceptors (Lipinski definition) is 4.